The Morgan fingerprint density at radius 2 is 2.07 bits per heavy atom. The Balaban J connectivity index is 2.36. The largest absolute Gasteiger partial charge is 0.303 e. The van der Waals surface area contributed by atoms with Crippen LogP contribution in [0.2, 0.25) is 0 Å². The fraction of sp³-hybridized carbons (Fsp3) is 0.769. The quantitative estimate of drug-likeness (QED) is 0.485. The monoisotopic (exact) mass is 192 g/mol. The maximum Gasteiger partial charge on any atom is 0.123 e. The van der Waals surface area contributed by atoms with Crippen molar-refractivity contribution >= 4 is 6.29 Å². The van der Waals surface area contributed by atoms with Crippen molar-refractivity contribution in [3.05, 3.63) is 12.2 Å². The van der Waals surface area contributed by atoms with Crippen LogP contribution >= 0.6 is 0 Å². The minimum Gasteiger partial charge on any atom is -0.303 e. The number of aldehydes is 1. The lowest BCUT2D eigenvalue weighted by atomic mass is 9.51. The van der Waals surface area contributed by atoms with Crippen LogP contribution in [0, 0.1) is 22.7 Å². The van der Waals surface area contributed by atoms with Crippen molar-refractivity contribution in [2.45, 2.75) is 40.0 Å². The highest BCUT2D eigenvalue weighted by atomic mass is 16.1. The van der Waals surface area contributed by atoms with Crippen LogP contribution in [0.3, 0.4) is 0 Å². The Morgan fingerprint density at radius 1 is 1.36 bits per heavy atom. The van der Waals surface area contributed by atoms with E-state index in [9.17, 15) is 4.79 Å². The van der Waals surface area contributed by atoms with Crippen molar-refractivity contribution in [1.82, 2.24) is 0 Å². The van der Waals surface area contributed by atoms with Gasteiger partial charge in [0.15, 0.2) is 0 Å². The van der Waals surface area contributed by atoms with Crippen LogP contribution in [-0.2, 0) is 4.79 Å². The summed E-state index contributed by atoms with van der Waals surface area (Å²) in [6.45, 7) is 6.78. The maximum absolute atomic E-state index is 11.1. The lowest BCUT2D eigenvalue weighted by Crippen LogP contribution is -2.45. The molecule has 3 aliphatic carbocycles. The molecule has 0 aromatic rings. The summed E-state index contributed by atoms with van der Waals surface area (Å²) in [6, 6.07) is 0. The summed E-state index contributed by atoms with van der Waals surface area (Å²) in [5, 5.41) is 0. The Hall–Kier alpha value is -0.590. The zero-order valence-electron chi connectivity index (χ0n) is 9.42. The van der Waals surface area contributed by atoms with E-state index >= 15 is 0 Å². The first kappa shape index (κ1) is 9.95. The van der Waals surface area contributed by atoms with Gasteiger partial charge < -0.3 is 4.79 Å². The second kappa shape index (κ2) is 2.95. The molecule has 78 valence electrons. The van der Waals surface area contributed by atoms with Gasteiger partial charge in [-0.25, -0.2) is 0 Å². The van der Waals surface area contributed by atoms with E-state index < -0.39 is 0 Å². The first-order valence-electron chi connectivity index (χ1n) is 5.68. The third-order valence-electron chi connectivity index (χ3n) is 4.69. The number of hydrogen-bond donors (Lipinski definition) is 0. The summed E-state index contributed by atoms with van der Waals surface area (Å²) in [7, 11) is 0. The van der Waals surface area contributed by atoms with E-state index in [-0.39, 0.29) is 11.3 Å². The van der Waals surface area contributed by atoms with Crippen LogP contribution < -0.4 is 0 Å². The first-order chi connectivity index (χ1) is 6.52. The minimum absolute atomic E-state index is 0.165. The predicted molar refractivity (Wildman–Crippen MR) is 57.9 cm³/mol. The van der Waals surface area contributed by atoms with E-state index in [4.69, 9.17) is 0 Å². The summed E-state index contributed by atoms with van der Waals surface area (Å²) in [4.78, 5) is 11.1. The van der Waals surface area contributed by atoms with Crippen molar-refractivity contribution in [1.29, 1.82) is 0 Å². The molecule has 1 fully saturated rings. The number of hydrogen-bond acceptors (Lipinski definition) is 1. The third-order valence-corrected chi connectivity index (χ3v) is 4.69. The molecule has 3 aliphatic rings. The lowest BCUT2D eigenvalue weighted by Gasteiger charge is -2.52. The molecule has 1 heteroatoms. The van der Waals surface area contributed by atoms with Crippen LogP contribution in [0.15, 0.2) is 12.2 Å². The Kier molecular flexibility index (Phi) is 2.09. The van der Waals surface area contributed by atoms with E-state index in [0.717, 1.165) is 6.42 Å². The minimum atomic E-state index is 0.165. The van der Waals surface area contributed by atoms with Gasteiger partial charge in [0.05, 0.1) is 0 Å². The molecule has 14 heavy (non-hydrogen) atoms. The molecule has 2 bridgehead atoms. The summed E-state index contributed by atoms with van der Waals surface area (Å²) >= 11 is 0. The van der Waals surface area contributed by atoms with Crippen LogP contribution in [0.4, 0.5) is 0 Å². The van der Waals surface area contributed by atoms with Crippen LogP contribution in [0.1, 0.15) is 40.0 Å². The molecule has 1 nitrogen and oxygen atoms in total. The summed E-state index contributed by atoms with van der Waals surface area (Å²) in [5.74, 6) is 0.912. The molecule has 3 rings (SSSR count). The fourth-order valence-electron chi connectivity index (χ4n) is 3.07. The highest BCUT2D eigenvalue weighted by Crippen LogP contribution is 2.57. The second-order valence-corrected chi connectivity index (χ2v) is 5.67. The van der Waals surface area contributed by atoms with E-state index in [2.05, 4.69) is 32.9 Å². The van der Waals surface area contributed by atoms with Gasteiger partial charge in [0.1, 0.15) is 6.29 Å². The van der Waals surface area contributed by atoms with Crippen molar-refractivity contribution < 1.29 is 4.79 Å². The predicted octanol–water partition coefficient (Wildman–Crippen LogP) is 3.20. The number of allylic oxidation sites excluding steroid dienone is 2. The molecule has 1 saturated carbocycles. The molecular formula is C13H20O. The highest BCUT2D eigenvalue weighted by molar-refractivity contribution is 5.57. The number of carbonyl (C=O) groups excluding carboxylic acids is 1. The molecule has 0 aromatic carbocycles. The molecular weight excluding hydrogens is 172 g/mol. The van der Waals surface area contributed by atoms with Crippen molar-refractivity contribution in [2.24, 2.45) is 22.7 Å². The zero-order valence-corrected chi connectivity index (χ0v) is 9.42. The number of fused-ring (bicyclic) bond motifs is 2. The first-order valence-corrected chi connectivity index (χ1v) is 5.68. The maximum atomic E-state index is 11.1. The molecule has 0 unspecified atom stereocenters. The number of carbonyl (C=O) groups is 1. The highest BCUT2D eigenvalue weighted by Gasteiger charge is 2.49. The third kappa shape index (κ3) is 1.18. The van der Waals surface area contributed by atoms with E-state index in [1.165, 1.54) is 19.1 Å². The van der Waals surface area contributed by atoms with E-state index in [1.807, 2.05) is 0 Å². The Morgan fingerprint density at radius 3 is 2.50 bits per heavy atom. The van der Waals surface area contributed by atoms with Gasteiger partial charge >= 0.3 is 0 Å². The van der Waals surface area contributed by atoms with Crippen molar-refractivity contribution in [2.75, 3.05) is 0 Å². The van der Waals surface area contributed by atoms with Crippen LogP contribution in [0.25, 0.3) is 0 Å². The Bertz CT molecular complexity index is 279. The smallest absolute Gasteiger partial charge is 0.123 e. The normalized spacial score (nSPS) is 45.9. The molecule has 0 aliphatic heterocycles. The summed E-state index contributed by atoms with van der Waals surface area (Å²) < 4.78 is 0. The van der Waals surface area contributed by atoms with Gasteiger partial charge in [0.25, 0.3) is 0 Å². The van der Waals surface area contributed by atoms with Gasteiger partial charge in [-0.1, -0.05) is 32.9 Å². The average Bonchev–Trinajstić information content (AvgIpc) is 2.18. The molecule has 0 N–H and O–H groups in total. The molecule has 0 heterocycles. The molecule has 0 radical (unpaired) electrons. The Labute approximate surface area is 86.6 Å². The molecule has 0 saturated heterocycles. The van der Waals surface area contributed by atoms with Gasteiger partial charge in [-0.3, -0.25) is 0 Å². The lowest BCUT2D eigenvalue weighted by molar-refractivity contribution is -0.118. The van der Waals surface area contributed by atoms with Gasteiger partial charge in [0, 0.05) is 5.92 Å². The summed E-state index contributed by atoms with van der Waals surface area (Å²) in [6.07, 6.45) is 9.40. The van der Waals surface area contributed by atoms with Gasteiger partial charge in [0.2, 0.25) is 0 Å². The summed E-state index contributed by atoms with van der Waals surface area (Å²) in [5.41, 5.74) is 0.488. The molecule has 3 atom stereocenters. The van der Waals surface area contributed by atoms with Gasteiger partial charge in [-0.15, -0.1) is 0 Å². The second-order valence-electron chi connectivity index (χ2n) is 5.67. The average molecular weight is 192 g/mol. The van der Waals surface area contributed by atoms with Gasteiger partial charge in [-0.2, -0.15) is 0 Å². The fourth-order valence-corrected chi connectivity index (χ4v) is 3.07. The van der Waals surface area contributed by atoms with E-state index in [1.54, 1.807) is 0 Å². The van der Waals surface area contributed by atoms with Crippen molar-refractivity contribution in [3.63, 3.8) is 0 Å². The van der Waals surface area contributed by atoms with Crippen LogP contribution in [-0.4, -0.2) is 6.29 Å². The van der Waals surface area contributed by atoms with Crippen LogP contribution in [0.5, 0.6) is 0 Å². The zero-order chi connectivity index (χ0) is 10.4. The number of rotatable bonds is 2. The van der Waals surface area contributed by atoms with Gasteiger partial charge in [-0.05, 0) is 36.0 Å². The SMILES string of the molecule is CC(C)[C@]12C=C[C@](C)(CC1)[C@@H](C=O)C2. The van der Waals surface area contributed by atoms with Crippen molar-refractivity contribution in [3.8, 4) is 0 Å². The molecule has 0 aromatic heterocycles. The van der Waals surface area contributed by atoms with E-state index in [0.29, 0.717) is 11.3 Å². The molecule has 0 amide bonds. The topological polar surface area (TPSA) is 17.1 Å². The molecule has 0 spiro atoms. The standard InChI is InChI=1S/C13H20O/c1-10(2)13-6-4-12(3,5-7-13)11(8-13)9-14/h4,6,9-11H,5,7-8H2,1-3H3/t11-,12-,13-/m1/s1.